The first-order chi connectivity index (χ1) is 18.7. The van der Waals surface area contributed by atoms with Gasteiger partial charge in [0.05, 0.1) is 7.11 Å². The summed E-state index contributed by atoms with van der Waals surface area (Å²) in [6, 6.07) is 10.2. The smallest absolute Gasteiger partial charge is 0.452 e. The number of nitrogens with one attached hydrogen (secondary N) is 1. The predicted molar refractivity (Wildman–Crippen MR) is 141 cm³/mol. The van der Waals surface area contributed by atoms with Crippen LogP contribution < -0.4 is 15.0 Å². The summed E-state index contributed by atoms with van der Waals surface area (Å²) in [6.07, 6.45) is -3.74. The van der Waals surface area contributed by atoms with E-state index in [1.165, 1.54) is 34.5 Å². The first kappa shape index (κ1) is 29.1. The number of amidine groups is 1. The second-order valence-corrected chi connectivity index (χ2v) is 11.2. The summed E-state index contributed by atoms with van der Waals surface area (Å²) >= 11 is 0. The number of rotatable bonds is 6. The van der Waals surface area contributed by atoms with Crippen molar-refractivity contribution in [1.82, 2.24) is 9.62 Å². The van der Waals surface area contributed by atoms with Crippen LogP contribution >= 0.6 is 0 Å². The van der Waals surface area contributed by atoms with Gasteiger partial charge in [0.15, 0.2) is 0 Å². The lowest BCUT2D eigenvalue weighted by atomic mass is 9.89. The number of carbonyl (C=O) groups is 2. The van der Waals surface area contributed by atoms with Gasteiger partial charge in [-0.2, -0.15) is 4.31 Å². The van der Waals surface area contributed by atoms with Gasteiger partial charge in [0.2, 0.25) is 10.0 Å². The van der Waals surface area contributed by atoms with Crippen LogP contribution in [-0.2, 0) is 19.6 Å². The largest absolute Gasteiger partial charge is 0.573 e. The number of nitrogens with zero attached hydrogens (tertiary/aromatic N) is 3. The fraction of sp³-hybridized carbons (Fsp3) is 0.346. The molecule has 14 heteroatoms. The molecule has 4 rings (SSSR count). The molecule has 0 aromatic heterocycles. The van der Waals surface area contributed by atoms with Crippen molar-refractivity contribution in [2.24, 2.45) is 4.99 Å². The number of amides is 2. The van der Waals surface area contributed by atoms with Crippen molar-refractivity contribution in [1.29, 1.82) is 0 Å². The number of hydrogen-bond acceptors (Lipinski definition) is 7. The van der Waals surface area contributed by atoms with E-state index in [0.717, 1.165) is 23.1 Å². The van der Waals surface area contributed by atoms with Gasteiger partial charge in [0, 0.05) is 36.8 Å². The number of benzene rings is 2. The standard InChI is InChI=1S/C26H27F3N4O6S/c1-17-15-20(32(2)24(35)38-3)8-7-18(17)9-14-40(36,37)33-12-10-25(11-13-33)23(34)30-22(31-25)19-5-4-6-21(16-19)39-26(27,28)29/h4-9,14-16H,10-13H2,1-3H3,(H,30,31,34). The van der Waals surface area contributed by atoms with E-state index in [4.69, 9.17) is 4.74 Å². The number of halogens is 3. The van der Waals surface area contributed by atoms with Gasteiger partial charge in [-0.25, -0.2) is 13.2 Å². The molecule has 1 N–H and O–H groups in total. The Labute approximate surface area is 229 Å². The molecule has 0 saturated carbocycles. The van der Waals surface area contributed by atoms with E-state index >= 15 is 0 Å². The van der Waals surface area contributed by atoms with Gasteiger partial charge in [-0.15, -0.1) is 13.2 Å². The lowest BCUT2D eigenvalue weighted by molar-refractivity contribution is -0.274. The van der Waals surface area contributed by atoms with E-state index in [0.29, 0.717) is 11.3 Å². The third-order valence-electron chi connectivity index (χ3n) is 6.74. The SMILES string of the molecule is COC(=O)N(C)c1ccc(C=CS(=O)(=O)N2CCC3(CC2)N=C(c2cccc(OC(F)(F)F)c2)NC3=O)c(C)c1. The Morgan fingerprint density at radius 1 is 1.18 bits per heavy atom. The maximum Gasteiger partial charge on any atom is 0.573 e. The summed E-state index contributed by atoms with van der Waals surface area (Å²) < 4.78 is 73.7. The van der Waals surface area contributed by atoms with Crippen molar-refractivity contribution >= 4 is 39.6 Å². The van der Waals surface area contributed by atoms with Crippen LogP contribution in [-0.4, -0.2) is 69.7 Å². The molecule has 2 aliphatic heterocycles. The molecule has 40 heavy (non-hydrogen) atoms. The molecular weight excluding hydrogens is 553 g/mol. The molecule has 0 bridgehead atoms. The van der Waals surface area contributed by atoms with Crippen LogP contribution in [0.25, 0.3) is 6.08 Å². The van der Waals surface area contributed by atoms with Gasteiger partial charge < -0.3 is 14.8 Å². The van der Waals surface area contributed by atoms with Crippen molar-refractivity contribution < 1.29 is 40.7 Å². The summed E-state index contributed by atoms with van der Waals surface area (Å²) in [6.45, 7) is 1.83. The first-order valence-corrected chi connectivity index (χ1v) is 13.6. The van der Waals surface area contributed by atoms with E-state index < -0.39 is 39.7 Å². The number of sulfonamides is 1. The molecule has 2 aliphatic rings. The number of ether oxygens (including phenoxy) is 2. The van der Waals surface area contributed by atoms with Crippen molar-refractivity contribution in [3.63, 3.8) is 0 Å². The van der Waals surface area contributed by atoms with Gasteiger partial charge in [-0.05, 0) is 61.2 Å². The molecule has 0 atom stereocenters. The zero-order chi connectivity index (χ0) is 29.3. The molecule has 0 aliphatic carbocycles. The molecule has 2 aromatic rings. The maximum absolute atomic E-state index is 13.0. The van der Waals surface area contributed by atoms with Gasteiger partial charge in [0.25, 0.3) is 5.91 Å². The van der Waals surface area contributed by atoms with Crippen LogP contribution in [0.3, 0.4) is 0 Å². The Balaban J connectivity index is 1.44. The van der Waals surface area contributed by atoms with E-state index in [-0.39, 0.29) is 37.3 Å². The molecule has 1 fully saturated rings. The first-order valence-electron chi connectivity index (χ1n) is 12.1. The lowest BCUT2D eigenvalue weighted by Gasteiger charge is -2.34. The minimum atomic E-state index is -4.86. The minimum absolute atomic E-state index is 0.0238. The third-order valence-corrected chi connectivity index (χ3v) is 8.30. The Bertz CT molecular complexity index is 1480. The molecule has 0 unspecified atom stereocenters. The predicted octanol–water partition coefficient (Wildman–Crippen LogP) is 3.81. The summed E-state index contributed by atoms with van der Waals surface area (Å²) in [5.74, 6) is -0.786. The summed E-state index contributed by atoms with van der Waals surface area (Å²) in [4.78, 5) is 30.4. The van der Waals surface area contributed by atoms with Crippen LogP contribution in [0.4, 0.5) is 23.7 Å². The number of alkyl halides is 3. The van der Waals surface area contributed by atoms with Crippen molar-refractivity contribution in [3.8, 4) is 5.75 Å². The molecule has 2 amide bonds. The zero-order valence-electron chi connectivity index (χ0n) is 21.9. The molecule has 1 spiro atoms. The lowest BCUT2D eigenvalue weighted by Crippen LogP contribution is -2.50. The maximum atomic E-state index is 13.0. The fourth-order valence-electron chi connectivity index (χ4n) is 4.49. The van der Waals surface area contributed by atoms with Crippen LogP contribution in [0, 0.1) is 6.92 Å². The second-order valence-electron chi connectivity index (χ2n) is 9.34. The second kappa shape index (κ2) is 10.9. The highest BCUT2D eigenvalue weighted by atomic mass is 32.2. The van der Waals surface area contributed by atoms with Crippen LogP contribution in [0.5, 0.6) is 5.75 Å². The number of carbonyl (C=O) groups excluding carboxylic acids is 2. The van der Waals surface area contributed by atoms with Gasteiger partial charge >= 0.3 is 12.5 Å². The zero-order valence-corrected chi connectivity index (χ0v) is 22.7. The molecule has 2 heterocycles. The number of piperidine rings is 1. The van der Waals surface area contributed by atoms with E-state index in [1.54, 1.807) is 32.2 Å². The van der Waals surface area contributed by atoms with Crippen LogP contribution in [0.15, 0.2) is 52.9 Å². The summed E-state index contributed by atoms with van der Waals surface area (Å²) in [7, 11) is -0.999. The van der Waals surface area contributed by atoms with E-state index in [1.807, 2.05) is 0 Å². The average Bonchev–Trinajstić information content (AvgIpc) is 3.21. The van der Waals surface area contributed by atoms with Crippen LogP contribution in [0.1, 0.15) is 29.5 Å². The molecular formula is C26H27F3N4O6S. The van der Waals surface area contributed by atoms with Crippen molar-refractivity contribution in [3.05, 3.63) is 64.6 Å². The molecule has 1 saturated heterocycles. The highest BCUT2D eigenvalue weighted by Gasteiger charge is 2.47. The van der Waals surface area contributed by atoms with E-state index in [9.17, 15) is 31.2 Å². The third kappa shape index (κ3) is 6.28. The van der Waals surface area contributed by atoms with Gasteiger partial charge in [-0.1, -0.05) is 18.2 Å². The summed E-state index contributed by atoms with van der Waals surface area (Å²) in [5.41, 5.74) is 0.986. The normalized spacial score (nSPS) is 17.6. The molecule has 0 radical (unpaired) electrons. The fourth-order valence-corrected chi connectivity index (χ4v) is 5.67. The Morgan fingerprint density at radius 3 is 2.50 bits per heavy atom. The average molecular weight is 581 g/mol. The Hall–Kier alpha value is -3.91. The Kier molecular flexibility index (Phi) is 7.94. The van der Waals surface area contributed by atoms with Crippen molar-refractivity contribution in [2.75, 3.05) is 32.1 Å². The summed E-state index contributed by atoms with van der Waals surface area (Å²) in [5, 5.41) is 3.70. The van der Waals surface area contributed by atoms with E-state index in [2.05, 4.69) is 15.0 Å². The molecule has 10 nitrogen and oxygen atoms in total. The highest BCUT2D eigenvalue weighted by molar-refractivity contribution is 7.92. The number of methoxy groups -OCH3 is 1. The number of anilines is 1. The molecule has 214 valence electrons. The Morgan fingerprint density at radius 2 is 1.88 bits per heavy atom. The quantitative estimate of drug-likeness (QED) is 0.556. The number of aryl methyl sites for hydroxylation is 1. The van der Waals surface area contributed by atoms with Crippen LogP contribution in [0.2, 0.25) is 0 Å². The van der Waals surface area contributed by atoms with Gasteiger partial charge in [0.1, 0.15) is 17.1 Å². The number of aliphatic imine (C=N–C) groups is 1. The van der Waals surface area contributed by atoms with Gasteiger partial charge in [-0.3, -0.25) is 14.7 Å². The molecule has 2 aromatic carbocycles. The minimum Gasteiger partial charge on any atom is -0.452 e. The van der Waals surface area contributed by atoms with Crippen molar-refractivity contribution in [2.45, 2.75) is 31.7 Å². The topological polar surface area (TPSA) is 118 Å². The number of hydrogen-bond donors (Lipinski definition) is 1. The highest BCUT2D eigenvalue weighted by Crippen LogP contribution is 2.33. The monoisotopic (exact) mass is 580 g/mol.